The first-order valence-corrected chi connectivity index (χ1v) is 3.88. The van der Waals surface area contributed by atoms with Gasteiger partial charge in [0.05, 0.1) is 0 Å². The van der Waals surface area contributed by atoms with Gasteiger partial charge in [-0.15, -0.1) is 10.1 Å². The van der Waals surface area contributed by atoms with Gasteiger partial charge >= 0.3 is 11.1 Å². The molecule has 7 nitrogen and oxygen atoms in total. The highest BCUT2D eigenvalue weighted by atomic mass is 17.0. The Labute approximate surface area is 83.7 Å². The van der Waals surface area contributed by atoms with E-state index in [0.717, 1.165) is 0 Å². The van der Waals surface area contributed by atoms with Gasteiger partial charge in [-0.2, -0.15) is 4.91 Å². The van der Waals surface area contributed by atoms with Crippen LogP contribution in [0, 0.1) is 15.0 Å². The van der Waals surface area contributed by atoms with Crippen LogP contribution in [0.3, 0.4) is 0 Å². The van der Waals surface area contributed by atoms with Crippen LogP contribution in [0.2, 0.25) is 0 Å². The molecule has 0 fully saturated rings. The minimum atomic E-state index is -1.18. The summed E-state index contributed by atoms with van der Waals surface area (Å²) in [4.78, 5) is 34.5. The third-order valence-electron chi connectivity index (χ3n) is 1.59. The van der Waals surface area contributed by atoms with Crippen LogP contribution in [0.15, 0.2) is 29.4 Å². The molecule has 1 aromatic carbocycles. The second kappa shape index (κ2) is 4.80. The van der Waals surface area contributed by atoms with Crippen molar-refractivity contribution in [1.29, 1.82) is 0 Å². The number of carbonyl (C=O) groups is 1. The molecular formula is C8H6N2O5. The molecule has 0 aliphatic carbocycles. The second-order valence-corrected chi connectivity index (χ2v) is 2.59. The topological polar surface area (TPSA) is 98.9 Å². The summed E-state index contributed by atoms with van der Waals surface area (Å²) in [6, 6.07) is 5.59. The van der Waals surface area contributed by atoms with Crippen molar-refractivity contribution < 1.29 is 14.7 Å². The summed E-state index contributed by atoms with van der Waals surface area (Å²) in [5.74, 6) is -1.05. The lowest BCUT2D eigenvalue weighted by Gasteiger charge is -1.98. The molecule has 1 aromatic rings. The maximum atomic E-state index is 11.0. The fraction of sp³-hybridized carbons (Fsp3) is 0.125. The van der Waals surface area contributed by atoms with Crippen molar-refractivity contribution in [2.45, 2.75) is 6.54 Å². The molecule has 0 aliphatic heterocycles. The maximum absolute atomic E-state index is 11.0. The Morgan fingerprint density at radius 3 is 2.47 bits per heavy atom. The molecule has 0 saturated carbocycles. The largest absolute Gasteiger partial charge is 0.334 e. The molecule has 0 unspecified atom stereocenters. The van der Waals surface area contributed by atoms with Gasteiger partial charge in [-0.1, -0.05) is 17.3 Å². The first-order valence-electron chi connectivity index (χ1n) is 3.88. The summed E-state index contributed by atoms with van der Waals surface area (Å²) in [5, 5.41) is 11.3. The summed E-state index contributed by atoms with van der Waals surface area (Å²) >= 11 is 0. The SMILES string of the molecule is O=NCc1ccc(C(=O)O[N+](=O)[O-])cc1. The van der Waals surface area contributed by atoms with Crippen LogP contribution >= 0.6 is 0 Å². The van der Waals surface area contributed by atoms with E-state index in [-0.39, 0.29) is 12.1 Å². The van der Waals surface area contributed by atoms with Crippen molar-refractivity contribution in [3.63, 3.8) is 0 Å². The highest BCUT2D eigenvalue weighted by molar-refractivity contribution is 5.88. The molecule has 7 heteroatoms. The number of nitrogens with zero attached hydrogens (tertiary/aromatic N) is 2. The van der Waals surface area contributed by atoms with E-state index in [1.807, 2.05) is 0 Å². The molecule has 15 heavy (non-hydrogen) atoms. The van der Waals surface area contributed by atoms with E-state index in [2.05, 4.69) is 10.0 Å². The third kappa shape index (κ3) is 3.14. The summed E-state index contributed by atoms with van der Waals surface area (Å²) in [6.07, 6.45) is 0. The molecule has 0 atom stereocenters. The number of benzene rings is 1. The van der Waals surface area contributed by atoms with Gasteiger partial charge in [0.25, 0.3) is 0 Å². The lowest BCUT2D eigenvalue weighted by Crippen LogP contribution is -2.10. The van der Waals surface area contributed by atoms with Gasteiger partial charge in [0.2, 0.25) is 0 Å². The lowest BCUT2D eigenvalue weighted by molar-refractivity contribution is -0.727. The molecule has 0 radical (unpaired) electrons. The molecule has 78 valence electrons. The van der Waals surface area contributed by atoms with E-state index in [4.69, 9.17) is 0 Å². The Morgan fingerprint density at radius 2 is 2.00 bits per heavy atom. The number of hydrogen-bond acceptors (Lipinski definition) is 6. The Balaban J connectivity index is 2.75. The van der Waals surface area contributed by atoms with Crippen LogP contribution in [-0.4, -0.2) is 11.1 Å². The molecule has 0 aromatic heterocycles. The fourth-order valence-corrected chi connectivity index (χ4v) is 0.941. The molecule has 0 heterocycles. The average molecular weight is 210 g/mol. The Kier molecular flexibility index (Phi) is 3.44. The summed E-state index contributed by atoms with van der Waals surface area (Å²) in [5.41, 5.74) is 0.656. The molecule has 0 aliphatic rings. The number of rotatable bonds is 4. The van der Waals surface area contributed by atoms with Gasteiger partial charge < -0.3 is 0 Å². The Morgan fingerprint density at radius 1 is 1.40 bits per heavy atom. The van der Waals surface area contributed by atoms with E-state index < -0.39 is 11.1 Å². The van der Waals surface area contributed by atoms with Gasteiger partial charge in [-0.05, 0) is 17.7 Å². The summed E-state index contributed by atoms with van der Waals surface area (Å²) in [6.45, 7) is -0.00936. The van der Waals surface area contributed by atoms with Crippen LogP contribution < -0.4 is 0 Å². The average Bonchev–Trinajstić information content (AvgIpc) is 2.18. The monoisotopic (exact) mass is 210 g/mol. The summed E-state index contributed by atoms with van der Waals surface area (Å²) in [7, 11) is 0. The van der Waals surface area contributed by atoms with Crippen molar-refractivity contribution in [2.75, 3.05) is 0 Å². The molecule has 0 amide bonds. The maximum Gasteiger partial charge on any atom is 0.334 e. The number of carbonyl (C=O) groups excluding carboxylic acids is 1. The first kappa shape index (κ1) is 10.8. The van der Waals surface area contributed by atoms with Gasteiger partial charge in [-0.25, -0.2) is 4.84 Å². The standard InChI is InChI=1S/C8H6N2O5/c11-8(15-10(13)14)7-3-1-6(2-4-7)5-9-12/h1-4H,5H2. The molecule has 1 rings (SSSR count). The van der Waals surface area contributed by atoms with E-state index in [0.29, 0.717) is 5.56 Å². The zero-order chi connectivity index (χ0) is 11.3. The number of hydrogen-bond donors (Lipinski definition) is 0. The quantitative estimate of drug-likeness (QED) is 0.423. The Bertz CT molecular complexity index is 387. The third-order valence-corrected chi connectivity index (χ3v) is 1.59. The van der Waals surface area contributed by atoms with Gasteiger partial charge in [-0.3, -0.25) is 4.79 Å². The van der Waals surface area contributed by atoms with Crippen LogP contribution in [0.4, 0.5) is 0 Å². The minimum absolute atomic E-state index is 0.00936. The zero-order valence-electron chi connectivity index (χ0n) is 7.45. The predicted octanol–water partition coefficient (Wildman–Crippen LogP) is 1.30. The van der Waals surface area contributed by atoms with Crippen LogP contribution in [0.25, 0.3) is 0 Å². The first-order chi connectivity index (χ1) is 7.13. The summed E-state index contributed by atoms with van der Waals surface area (Å²) < 4.78 is 0. The minimum Gasteiger partial charge on any atom is -0.263 e. The predicted molar refractivity (Wildman–Crippen MR) is 48.4 cm³/mol. The van der Waals surface area contributed by atoms with Crippen LogP contribution in [-0.2, 0) is 11.4 Å². The van der Waals surface area contributed by atoms with Crippen molar-refractivity contribution in [3.05, 3.63) is 50.4 Å². The van der Waals surface area contributed by atoms with Crippen molar-refractivity contribution in [1.82, 2.24) is 0 Å². The Hall–Kier alpha value is -2.31. The fourth-order valence-electron chi connectivity index (χ4n) is 0.941. The van der Waals surface area contributed by atoms with Gasteiger partial charge in [0, 0.05) is 5.56 Å². The lowest BCUT2D eigenvalue weighted by atomic mass is 10.1. The van der Waals surface area contributed by atoms with E-state index in [9.17, 15) is 19.8 Å². The molecule has 0 N–H and O–H groups in total. The molecule has 0 spiro atoms. The van der Waals surface area contributed by atoms with E-state index >= 15 is 0 Å². The normalized spacial score (nSPS) is 9.33. The van der Waals surface area contributed by atoms with Crippen LogP contribution in [0.5, 0.6) is 0 Å². The van der Waals surface area contributed by atoms with Crippen molar-refractivity contribution in [3.8, 4) is 0 Å². The van der Waals surface area contributed by atoms with Crippen molar-refractivity contribution in [2.24, 2.45) is 5.18 Å². The highest BCUT2D eigenvalue weighted by Crippen LogP contribution is 2.06. The van der Waals surface area contributed by atoms with Gasteiger partial charge in [0.1, 0.15) is 6.54 Å². The van der Waals surface area contributed by atoms with Crippen LogP contribution in [0.1, 0.15) is 15.9 Å². The van der Waals surface area contributed by atoms with Crippen molar-refractivity contribution >= 4 is 5.97 Å². The smallest absolute Gasteiger partial charge is 0.263 e. The molecular weight excluding hydrogens is 204 g/mol. The zero-order valence-corrected chi connectivity index (χ0v) is 7.45. The second-order valence-electron chi connectivity index (χ2n) is 2.59. The highest BCUT2D eigenvalue weighted by Gasteiger charge is 2.10. The van der Waals surface area contributed by atoms with E-state index in [1.54, 1.807) is 0 Å². The molecule has 0 saturated heterocycles. The van der Waals surface area contributed by atoms with Gasteiger partial charge in [0.15, 0.2) is 0 Å². The molecule has 0 bridgehead atoms. The number of nitroso groups, excluding NO2 is 1. The van der Waals surface area contributed by atoms with E-state index in [1.165, 1.54) is 24.3 Å².